The highest BCUT2D eigenvalue weighted by atomic mass is 32.1. The second-order valence-electron chi connectivity index (χ2n) is 6.37. The largest absolute Gasteiger partial charge is 0.354 e. The van der Waals surface area contributed by atoms with Crippen molar-refractivity contribution in [2.75, 3.05) is 19.6 Å². The summed E-state index contributed by atoms with van der Waals surface area (Å²) in [6, 6.07) is 4.00. The Labute approximate surface area is 156 Å². The van der Waals surface area contributed by atoms with Crippen LogP contribution in [0.2, 0.25) is 0 Å². The van der Waals surface area contributed by atoms with Crippen molar-refractivity contribution in [3.63, 3.8) is 0 Å². The van der Waals surface area contributed by atoms with Crippen LogP contribution in [0.3, 0.4) is 0 Å². The van der Waals surface area contributed by atoms with Gasteiger partial charge in [-0.3, -0.25) is 9.59 Å². The quantitative estimate of drug-likeness (QED) is 0.745. The van der Waals surface area contributed by atoms with Crippen molar-refractivity contribution in [2.24, 2.45) is 5.73 Å². The SMILES string of the molecule is NCCC(=O)NCC1CCCCN1C(=O)c1cn(Cc2cccs2)nn1. The average molecular weight is 376 g/mol. The van der Waals surface area contributed by atoms with E-state index in [1.807, 2.05) is 22.4 Å². The minimum Gasteiger partial charge on any atom is -0.354 e. The molecule has 3 N–H and O–H groups in total. The summed E-state index contributed by atoms with van der Waals surface area (Å²) in [5.41, 5.74) is 5.75. The topological polar surface area (TPSA) is 106 Å². The van der Waals surface area contributed by atoms with E-state index in [9.17, 15) is 9.59 Å². The summed E-state index contributed by atoms with van der Waals surface area (Å²) < 4.78 is 1.68. The van der Waals surface area contributed by atoms with Gasteiger partial charge in [0.05, 0.1) is 12.7 Å². The van der Waals surface area contributed by atoms with Gasteiger partial charge >= 0.3 is 0 Å². The number of thiophene rings is 1. The third-order valence-electron chi connectivity index (χ3n) is 4.45. The molecule has 26 heavy (non-hydrogen) atoms. The molecular formula is C17H24N6O2S. The van der Waals surface area contributed by atoms with Crippen molar-refractivity contribution in [3.05, 3.63) is 34.3 Å². The lowest BCUT2D eigenvalue weighted by Gasteiger charge is -2.35. The molecule has 140 valence electrons. The maximum atomic E-state index is 12.9. The molecule has 8 nitrogen and oxygen atoms in total. The Balaban J connectivity index is 1.62. The number of hydrogen-bond donors (Lipinski definition) is 2. The zero-order chi connectivity index (χ0) is 18.4. The van der Waals surface area contributed by atoms with E-state index in [0.717, 1.165) is 24.1 Å². The fourth-order valence-corrected chi connectivity index (χ4v) is 3.81. The van der Waals surface area contributed by atoms with Gasteiger partial charge in [-0.05, 0) is 30.7 Å². The first-order chi connectivity index (χ1) is 12.7. The van der Waals surface area contributed by atoms with Gasteiger partial charge in [-0.25, -0.2) is 4.68 Å². The van der Waals surface area contributed by atoms with Crippen LogP contribution in [0.25, 0.3) is 0 Å². The Morgan fingerprint density at radius 1 is 1.38 bits per heavy atom. The summed E-state index contributed by atoms with van der Waals surface area (Å²) in [6.45, 7) is 2.06. The number of carbonyl (C=O) groups excluding carboxylic acids is 2. The maximum Gasteiger partial charge on any atom is 0.276 e. The molecule has 9 heteroatoms. The number of likely N-dealkylation sites (tertiary alicyclic amines) is 1. The van der Waals surface area contributed by atoms with Crippen molar-refractivity contribution in [1.29, 1.82) is 0 Å². The summed E-state index contributed by atoms with van der Waals surface area (Å²) >= 11 is 1.64. The fraction of sp³-hybridized carbons (Fsp3) is 0.529. The van der Waals surface area contributed by atoms with Crippen LogP contribution in [0.4, 0.5) is 0 Å². The number of carbonyl (C=O) groups is 2. The number of rotatable bonds is 7. The third-order valence-corrected chi connectivity index (χ3v) is 5.31. The molecule has 0 bridgehead atoms. The van der Waals surface area contributed by atoms with Gasteiger partial charge in [0.2, 0.25) is 5.91 Å². The molecule has 1 saturated heterocycles. The minimum absolute atomic E-state index is 0.0135. The van der Waals surface area contributed by atoms with Crippen molar-refractivity contribution in [1.82, 2.24) is 25.2 Å². The molecule has 3 heterocycles. The van der Waals surface area contributed by atoms with Crippen molar-refractivity contribution in [3.8, 4) is 0 Å². The van der Waals surface area contributed by atoms with Gasteiger partial charge in [0.25, 0.3) is 5.91 Å². The standard InChI is InChI=1S/C17H24N6O2S/c18-7-6-16(24)19-10-13-4-1-2-8-23(13)17(25)15-12-22(21-20-15)11-14-5-3-9-26-14/h3,5,9,12-13H,1-2,4,6-8,10-11,18H2,(H,19,24). The normalized spacial score (nSPS) is 17.3. The second-order valence-corrected chi connectivity index (χ2v) is 7.40. The van der Waals surface area contributed by atoms with Gasteiger partial charge < -0.3 is 16.0 Å². The Bertz CT molecular complexity index is 729. The summed E-state index contributed by atoms with van der Waals surface area (Å²) in [6.07, 6.45) is 4.88. The van der Waals surface area contributed by atoms with E-state index in [-0.39, 0.29) is 17.9 Å². The predicted octanol–water partition coefficient (Wildman–Crippen LogP) is 0.848. The molecule has 0 spiro atoms. The van der Waals surface area contributed by atoms with Crippen LogP contribution in [0, 0.1) is 0 Å². The molecule has 0 aliphatic carbocycles. The Hall–Kier alpha value is -2.26. The van der Waals surface area contributed by atoms with E-state index in [1.165, 1.54) is 0 Å². The number of amides is 2. The minimum atomic E-state index is -0.125. The molecule has 1 atom stereocenters. The van der Waals surface area contributed by atoms with Crippen LogP contribution in [0.5, 0.6) is 0 Å². The lowest BCUT2D eigenvalue weighted by Crippen LogP contribution is -2.49. The maximum absolute atomic E-state index is 12.9. The van der Waals surface area contributed by atoms with Crippen LogP contribution in [-0.4, -0.2) is 57.4 Å². The molecule has 1 aliphatic rings. The van der Waals surface area contributed by atoms with Gasteiger partial charge in [0, 0.05) is 37.0 Å². The summed E-state index contributed by atoms with van der Waals surface area (Å²) in [4.78, 5) is 27.5. The van der Waals surface area contributed by atoms with Crippen molar-refractivity contribution in [2.45, 2.75) is 38.3 Å². The van der Waals surface area contributed by atoms with Crippen LogP contribution < -0.4 is 11.1 Å². The number of nitrogens with one attached hydrogen (secondary N) is 1. The third kappa shape index (κ3) is 4.67. The smallest absolute Gasteiger partial charge is 0.276 e. The second kappa shape index (κ2) is 8.91. The fourth-order valence-electron chi connectivity index (χ4n) is 3.11. The van der Waals surface area contributed by atoms with Crippen LogP contribution in [0.1, 0.15) is 41.0 Å². The number of hydrogen-bond acceptors (Lipinski definition) is 6. The lowest BCUT2D eigenvalue weighted by atomic mass is 10.0. The zero-order valence-electron chi connectivity index (χ0n) is 14.6. The molecule has 3 rings (SSSR count). The molecule has 0 radical (unpaired) electrons. The first kappa shape index (κ1) is 18.5. The van der Waals surface area contributed by atoms with E-state index < -0.39 is 0 Å². The van der Waals surface area contributed by atoms with E-state index in [0.29, 0.717) is 38.3 Å². The highest BCUT2D eigenvalue weighted by Crippen LogP contribution is 2.19. The highest BCUT2D eigenvalue weighted by molar-refractivity contribution is 7.09. The van der Waals surface area contributed by atoms with Gasteiger partial charge in [-0.1, -0.05) is 11.3 Å². The molecule has 1 aliphatic heterocycles. The summed E-state index contributed by atoms with van der Waals surface area (Å²) in [5.74, 6) is -0.201. The number of aromatic nitrogens is 3. The molecule has 1 unspecified atom stereocenters. The first-order valence-electron chi connectivity index (χ1n) is 8.87. The highest BCUT2D eigenvalue weighted by Gasteiger charge is 2.29. The average Bonchev–Trinajstić information content (AvgIpc) is 3.32. The van der Waals surface area contributed by atoms with Crippen LogP contribution >= 0.6 is 11.3 Å². The number of piperidine rings is 1. The monoisotopic (exact) mass is 376 g/mol. The van der Waals surface area contributed by atoms with Crippen molar-refractivity contribution >= 4 is 23.2 Å². The Morgan fingerprint density at radius 2 is 2.27 bits per heavy atom. The van der Waals surface area contributed by atoms with E-state index >= 15 is 0 Å². The molecular weight excluding hydrogens is 352 g/mol. The van der Waals surface area contributed by atoms with Gasteiger partial charge in [-0.2, -0.15) is 0 Å². The molecule has 2 aromatic rings. The predicted molar refractivity (Wildman–Crippen MR) is 98.8 cm³/mol. The molecule has 2 amide bonds. The molecule has 2 aromatic heterocycles. The number of nitrogens with two attached hydrogens (primary N) is 1. The Morgan fingerprint density at radius 3 is 3.04 bits per heavy atom. The van der Waals surface area contributed by atoms with Gasteiger partial charge in [0.1, 0.15) is 0 Å². The lowest BCUT2D eigenvalue weighted by molar-refractivity contribution is -0.121. The Kier molecular flexibility index (Phi) is 6.35. The summed E-state index contributed by atoms with van der Waals surface area (Å²) in [7, 11) is 0. The zero-order valence-corrected chi connectivity index (χ0v) is 15.5. The van der Waals surface area contributed by atoms with E-state index in [1.54, 1.807) is 22.2 Å². The summed E-state index contributed by atoms with van der Waals surface area (Å²) in [5, 5.41) is 13.0. The van der Waals surface area contributed by atoms with Gasteiger partial charge in [-0.15, -0.1) is 16.4 Å². The molecule has 1 fully saturated rings. The van der Waals surface area contributed by atoms with E-state index in [4.69, 9.17) is 5.73 Å². The van der Waals surface area contributed by atoms with Gasteiger partial charge in [0.15, 0.2) is 5.69 Å². The van der Waals surface area contributed by atoms with Crippen LogP contribution in [-0.2, 0) is 11.3 Å². The van der Waals surface area contributed by atoms with Crippen LogP contribution in [0.15, 0.2) is 23.7 Å². The molecule has 0 aromatic carbocycles. The van der Waals surface area contributed by atoms with Crippen molar-refractivity contribution < 1.29 is 9.59 Å². The number of nitrogens with zero attached hydrogens (tertiary/aromatic N) is 4. The molecule has 0 saturated carbocycles. The first-order valence-corrected chi connectivity index (χ1v) is 9.75. The van der Waals surface area contributed by atoms with E-state index in [2.05, 4.69) is 15.6 Å².